The van der Waals surface area contributed by atoms with Crippen molar-refractivity contribution in [3.8, 4) is 0 Å². The van der Waals surface area contributed by atoms with E-state index in [0.717, 1.165) is 50.3 Å². The molecule has 1 aromatic heterocycles. The first kappa shape index (κ1) is 13.1. The Kier molecular flexibility index (Phi) is 3.68. The number of hydrogen-bond acceptors (Lipinski definition) is 3. The second-order valence-electron chi connectivity index (χ2n) is 5.23. The van der Waals surface area contributed by atoms with E-state index in [1.165, 1.54) is 0 Å². The molecule has 1 heterocycles. The minimum atomic E-state index is -0.675. The monoisotopic (exact) mass is 251 g/mol. The van der Waals surface area contributed by atoms with Crippen LogP contribution in [0.4, 0.5) is 0 Å². The maximum Gasteiger partial charge on any atom is 0.310 e. The smallest absolute Gasteiger partial charge is 0.310 e. The molecule has 18 heavy (non-hydrogen) atoms. The van der Waals surface area contributed by atoms with Crippen LogP contribution in [0.15, 0.2) is 0 Å². The average Bonchev–Trinajstić information content (AvgIpc) is 2.70. The third kappa shape index (κ3) is 2.26. The van der Waals surface area contributed by atoms with Gasteiger partial charge in [-0.05, 0) is 26.7 Å². The molecule has 0 atom stereocenters. The van der Waals surface area contributed by atoms with Crippen LogP contribution >= 0.6 is 0 Å². The van der Waals surface area contributed by atoms with Crippen molar-refractivity contribution in [2.45, 2.75) is 58.9 Å². The molecule has 1 N–H and O–H groups in total. The van der Waals surface area contributed by atoms with E-state index in [1.54, 1.807) is 0 Å². The van der Waals surface area contributed by atoms with Gasteiger partial charge in [-0.15, -0.1) is 10.2 Å². The summed E-state index contributed by atoms with van der Waals surface area (Å²) >= 11 is 0. The molecule has 1 fully saturated rings. The number of carboxylic acid groups (broad SMARTS) is 1. The van der Waals surface area contributed by atoms with Crippen molar-refractivity contribution in [3.05, 3.63) is 11.6 Å². The van der Waals surface area contributed by atoms with E-state index in [-0.39, 0.29) is 0 Å². The van der Waals surface area contributed by atoms with Crippen LogP contribution in [0.3, 0.4) is 0 Å². The number of carbonyl (C=O) groups is 1. The van der Waals surface area contributed by atoms with Crippen molar-refractivity contribution >= 4 is 5.97 Å². The fraction of sp³-hybridized carbons (Fsp3) is 0.769. The first-order valence-electron chi connectivity index (χ1n) is 6.71. The van der Waals surface area contributed by atoms with E-state index in [1.807, 2.05) is 18.4 Å². The van der Waals surface area contributed by atoms with E-state index in [0.29, 0.717) is 6.42 Å². The summed E-state index contributed by atoms with van der Waals surface area (Å²) in [6.45, 7) is 4.74. The average molecular weight is 251 g/mol. The maximum atomic E-state index is 11.6. The SMILES string of the molecule is CCn1c(C)nnc1CC1(C(=O)O)CCCCC1. The Morgan fingerprint density at radius 3 is 2.56 bits per heavy atom. The van der Waals surface area contributed by atoms with Gasteiger partial charge in [0.25, 0.3) is 0 Å². The normalized spacial score (nSPS) is 18.8. The fourth-order valence-electron chi connectivity index (χ4n) is 2.96. The van der Waals surface area contributed by atoms with Gasteiger partial charge >= 0.3 is 5.97 Å². The fourth-order valence-corrected chi connectivity index (χ4v) is 2.96. The predicted molar refractivity (Wildman–Crippen MR) is 67.3 cm³/mol. The quantitative estimate of drug-likeness (QED) is 0.890. The topological polar surface area (TPSA) is 68.0 Å². The zero-order chi connectivity index (χ0) is 13.2. The van der Waals surface area contributed by atoms with Crippen molar-refractivity contribution in [1.29, 1.82) is 0 Å². The van der Waals surface area contributed by atoms with Crippen LogP contribution in [-0.2, 0) is 17.8 Å². The number of hydrogen-bond donors (Lipinski definition) is 1. The second-order valence-corrected chi connectivity index (χ2v) is 5.23. The van der Waals surface area contributed by atoms with E-state index in [9.17, 15) is 9.90 Å². The summed E-state index contributed by atoms with van der Waals surface area (Å²) in [7, 11) is 0. The molecule has 0 aromatic carbocycles. The van der Waals surface area contributed by atoms with E-state index < -0.39 is 11.4 Å². The zero-order valence-electron chi connectivity index (χ0n) is 11.1. The summed E-state index contributed by atoms with van der Waals surface area (Å²) in [5, 5.41) is 17.8. The Morgan fingerprint density at radius 2 is 2.00 bits per heavy atom. The predicted octanol–water partition coefficient (Wildman–Crippen LogP) is 2.18. The lowest BCUT2D eigenvalue weighted by Crippen LogP contribution is -2.36. The molecule has 0 saturated heterocycles. The largest absolute Gasteiger partial charge is 0.481 e. The number of aryl methyl sites for hydroxylation is 1. The number of aromatic nitrogens is 3. The van der Waals surface area contributed by atoms with Gasteiger partial charge in [0, 0.05) is 13.0 Å². The van der Waals surface area contributed by atoms with E-state index in [4.69, 9.17) is 0 Å². The highest BCUT2D eigenvalue weighted by atomic mass is 16.4. The van der Waals surface area contributed by atoms with E-state index >= 15 is 0 Å². The van der Waals surface area contributed by atoms with Crippen LogP contribution in [0, 0.1) is 12.3 Å². The van der Waals surface area contributed by atoms with Crippen LogP contribution in [0.1, 0.15) is 50.7 Å². The van der Waals surface area contributed by atoms with Gasteiger partial charge in [-0.2, -0.15) is 0 Å². The van der Waals surface area contributed by atoms with Crippen molar-refractivity contribution in [1.82, 2.24) is 14.8 Å². The highest BCUT2D eigenvalue weighted by Crippen LogP contribution is 2.39. The molecule has 5 nitrogen and oxygen atoms in total. The highest BCUT2D eigenvalue weighted by molar-refractivity contribution is 5.75. The molecule has 0 spiro atoms. The summed E-state index contributed by atoms with van der Waals surface area (Å²) in [4.78, 5) is 11.6. The first-order valence-corrected chi connectivity index (χ1v) is 6.71. The van der Waals surface area contributed by atoms with Gasteiger partial charge in [0.05, 0.1) is 5.41 Å². The molecule has 0 radical (unpaired) electrons. The molecular weight excluding hydrogens is 230 g/mol. The van der Waals surface area contributed by atoms with Crippen LogP contribution in [0.2, 0.25) is 0 Å². The summed E-state index contributed by atoms with van der Waals surface area (Å²) in [5.74, 6) is 1.01. The Hall–Kier alpha value is -1.39. The summed E-state index contributed by atoms with van der Waals surface area (Å²) in [5.41, 5.74) is -0.620. The number of carboxylic acids is 1. The lowest BCUT2D eigenvalue weighted by molar-refractivity contribution is -0.151. The number of aliphatic carboxylic acids is 1. The molecule has 1 aromatic rings. The highest BCUT2D eigenvalue weighted by Gasteiger charge is 2.41. The minimum Gasteiger partial charge on any atom is -0.481 e. The Bertz CT molecular complexity index is 433. The third-order valence-electron chi connectivity index (χ3n) is 4.09. The van der Waals surface area contributed by atoms with Crippen LogP contribution in [0.5, 0.6) is 0 Å². The van der Waals surface area contributed by atoms with Gasteiger partial charge in [-0.3, -0.25) is 4.79 Å². The molecule has 1 saturated carbocycles. The van der Waals surface area contributed by atoms with Crippen molar-refractivity contribution in [2.24, 2.45) is 5.41 Å². The zero-order valence-corrected chi connectivity index (χ0v) is 11.1. The van der Waals surface area contributed by atoms with E-state index in [2.05, 4.69) is 10.2 Å². The van der Waals surface area contributed by atoms with Crippen molar-refractivity contribution < 1.29 is 9.90 Å². The van der Waals surface area contributed by atoms with Crippen molar-refractivity contribution in [2.75, 3.05) is 0 Å². The van der Waals surface area contributed by atoms with Gasteiger partial charge in [0.1, 0.15) is 11.6 Å². The lowest BCUT2D eigenvalue weighted by Gasteiger charge is -2.32. The molecule has 1 aliphatic rings. The number of rotatable bonds is 4. The van der Waals surface area contributed by atoms with Crippen molar-refractivity contribution in [3.63, 3.8) is 0 Å². The van der Waals surface area contributed by atoms with Gasteiger partial charge in [0.15, 0.2) is 0 Å². The standard InChI is InChI=1S/C13H21N3O2/c1-3-16-10(2)14-15-11(16)9-13(12(17)18)7-5-4-6-8-13/h3-9H2,1-2H3,(H,17,18). The second kappa shape index (κ2) is 5.08. The molecule has 2 rings (SSSR count). The Morgan fingerprint density at radius 1 is 1.33 bits per heavy atom. The third-order valence-corrected chi connectivity index (χ3v) is 4.09. The molecular formula is C13H21N3O2. The molecule has 0 amide bonds. The van der Waals surface area contributed by atoms with Gasteiger partial charge in [-0.25, -0.2) is 0 Å². The summed E-state index contributed by atoms with van der Waals surface area (Å²) < 4.78 is 2.01. The van der Waals surface area contributed by atoms with Gasteiger partial charge < -0.3 is 9.67 Å². The Balaban J connectivity index is 2.26. The maximum absolute atomic E-state index is 11.6. The molecule has 100 valence electrons. The minimum absolute atomic E-state index is 0.511. The first-order chi connectivity index (χ1) is 8.59. The molecule has 0 bridgehead atoms. The molecule has 0 unspecified atom stereocenters. The Labute approximate surface area is 107 Å². The molecule has 1 aliphatic carbocycles. The summed E-state index contributed by atoms with van der Waals surface area (Å²) in [6.07, 6.45) is 5.19. The lowest BCUT2D eigenvalue weighted by atomic mass is 9.71. The molecule has 5 heteroatoms. The van der Waals surface area contributed by atoms with Crippen LogP contribution < -0.4 is 0 Å². The number of nitrogens with zero attached hydrogens (tertiary/aromatic N) is 3. The molecule has 0 aliphatic heterocycles. The van der Waals surface area contributed by atoms with Gasteiger partial charge in [-0.1, -0.05) is 19.3 Å². The van der Waals surface area contributed by atoms with Gasteiger partial charge in [0.2, 0.25) is 0 Å². The van der Waals surface area contributed by atoms with Crippen LogP contribution in [-0.4, -0.2) is 25.8 Å². The summed E-state index contributed by atoms with van der Waals surface area (Å²) in [6, 6.07) is 0. The van der Waals surface area contributed by atoms with Crippen LogP contribution in [0.25, 0.3) is 0 Å².